The Labute approximate surface area is 185 Å². The summed E-state index contributed by atoms with van der Waals surface area (Å²) in [5, 5.41) is 12.7. The van der Waals surface area contributed by atoms with E-state index >= 15 is 0 Å². The zero-order valence-electron chi connectivity index (χ0n) is 17.8. The number of amides is 1. The first-order chi connectivity index (χ1) is 15.6. The molecule has 0 bridgehead atoms. The van der Waals surface area contributed by atoms with Crippen molar-refractivity contribution in [1.29, 1.82) is 0 Å². The number of carbonyl (C=O) groups is 1. The first-order valence-electron chi connectivity index (χ1n) is 10.7. The minimum atomic E-state index is -0.0511. The first kappa shape index (κ1) is 20.0. The number of piperidine rings is 1. The van der Waals surface area contributed by atoms with Crippen molar-refractivity contribution in [2.75, 3.05) is 13.1 Å². The van der Waals surface area contributed by atoms with Gasteiger partial charge in [0.2, 0.25) is 5.91 Å². The highest BCUT2D eigenvalue weighted by Gasteiger charge is 2.25. The molecule has 1 atom stereocenters. The molecular formula is C24H25N7O. The number of nitrogens with zero attached hydrogens (tertiary/aromatic N) is 5. The van der Waals surface area contributed by atoms with Crippen LogP contribution in [0, 0.1) is 5.92 Å². The molecule has 1 aliphatic rings. The molecular weight excluding hydrogens is 402 g/mol. The van der Waals surface area contributed by atoms with Gasteiger partial charge in [0.05, 0.1) is 24.2 Å². The maximum Gasteiger partial charge on any atom is 0.225 e. The minimum absolute atomic E-state index is 0.0511. The van der Waals surface area contributed by atoms with E-state index in [9.17, 15) is 4.79 Å². The molecule has 0 saturated carbocycles. The summed E-state index contributed by atoms with van der Waals surface area (Å²) in [6.45, 7) is 9.81. The largest absolute Gasteiger partial charge is 0.371 e. The van der Waals surface area contributed by atoms with Gasteiger partial charge < -0.3 is 15.2 Å². The molecule has 5 heterocycles. The lowest BCUT2D eigenvalue weighted by Crippen LogP contribution is -2.42. The highest BCUT2D eigenvalue weighted by molar-refractivity contribution is 5.97. The summed E-state index contributed by atoms with van der Waals surface area (Å²) in [7, 11) is 0. The van der Waals surface area contributed by atoms with Gasteiger partial charge in [-0.3, -0.25) is 4.79 Å². The number of aromatic amines is 1. The molecule has 1 aliphatic heterocycles. The first-order valence-corrected chi connectivity index (χ1v) is 10.7. The third kappa shape index (κ3) is 3.64. The van der Waals surface area contributed by atoms with Crippen LogP contribution in [0.4, 0.5) is 0 Å². The molecule has 1 amide bonds. The SMILES string of the molecule is C=CC(=C)N1CCC[C@@H](C(=O)NCc2cc3c(-c4cnn5ncccc45)ccnc3[nH]2)C1. The monoisotopic (exact) mass is 427 g/mol. The van der Waals surface area contributed by atoms with Crippen molar-refractivity contribution in [2.45, 2.75) is 19.4 Å². The molecule has 8 nitrogen and oxygen atoms in total. The molecule has 5 rings (SSSR count). The van der Waals surface area contributed by atoms with Crippen LogP contribution in [0.1, 0.15) is 18.5 Å². The van der Waals surface area contributed by atoms with E-state index in [4.69, 9.17) is 0 Å². The zero-order chi connectivity index (χ0) is 22.1. The summed E-state index contributed by atoms with van der Waals surface area (Å²) in [5.74, 6) is 0.0110. The lowest BCUT2D eigenvalue weighted by atomic mass is 9.96. The molecule has 2 N–H and O–H groups in total. The van der Waals surface area contributed by atoms with Gasteiger partial charge in [0.25, 0.3) is 0 Å². The fourth-order valence-corrected chi connectivity index (χ4v) is 4.36. The number of likely N-dealkylation sites (tertiary alicyclic amines) is 1. The molecule has 0 radical (unpaired) electrons. The number of allylic oxidation sites excluding steroid dienone is 1. The number of nitrogens with one attached hydrogen (secondary N) is 2. The molecule has 32 heavy (non-hydrogen) atoms. The van der Waals surface area contributed by atoms with E-state index in [0.717, 1.165) is 58.5 Å². The van der Waals surface area contributed by atoms with Crippen LogP contribution in [0.3, 0.4) is 0 Å². The number of aromatic nitrogens is 5. The van der Waals surface area contributed by atoms with Crippen molar-refractivity contribution in [2.24, 2.45) is 5.92 Å². The van der Waals surface area contributed by atoms with Crippen LogP contribution in [0.2, 0.25) is 0 Å². The van der Waals surface area contributed by atoms with Crippen molar-refractivity contribution in [3.8, 4) is 11.1 Å². The Morgan fingerprint density at radius 3 is 3.06 bits per heavy atom. The summed E-state index contributed by atoms with van der Waals surface area (Å²) in [6, 6.07) is 7.91. The van der Waals surface area contributed by atoms with Crippen molar-refractivity contribution >= 4 is 22.5 Å². The summed E-state index contributed by atoms with van der Waals surface area (Å²) in [4.78, 5) is 22.7. The third-order valence-corrected chi connectivity index (χ3v) is 6.07. The molecule has 0 spiro atoms. The van der Waals surface area contributed by atoms with Gasteiger partial charge in [-0.1, -0.05) is 13.2 Å². The Bertz CT molecular complexity index is 1320. The minimum Gasteiger partial charge on any atom is -0.371 e. The Morgan fingerprint density at radius 1 is 1.28 bits per heavy atom. The summed E-state index contributed by atoms with van der Waals surface area (Å²) in [6.07, 6.45) is 8.90. The second-order valence-corrected chi connectivity index (χ2v) is 8.07. The summed E-state index contributed by atoms with van der Waals surface area (Å²) in [5.41, 5.74) is 5.51. The van der Waals surface area contributed by atoms with Crippen LogP contribution >= 0.6 is 0 Å². The van der Waals surface area contributed by atoms with Gasteiger partial charge in [-0.05, 0) is 48.7 Å². The second-order valence-electron chi connectivity index (χ2n) is 8.07. The molecule has 1 saturated heterocycles. The number of hydrogen-bond donors (Lipinski definition) is 2. The Balaban J connectivity index is 1.34. The van der Waals surface area contributed by atoms with Gasteiger partial charge in [-0.25, -0.2) is 4.98 Å². The van der Waals surface area contributed by atoms with Gasteiger partial charge in [-0.2, -0.15) is 14.8 Å². The molecule has 0 aliphatic carbocycles. The van der Waals surface area contributed by atoms with Crippen molar-refractivity contribution in [1.82, 2.24) is 35.0 Å². The van der Waals surface area contributed by atoms with Crippen LogP contribution in [0.25, 0.3) is 27.7 Å². The summed E-state index contributed by atoms with van der Waals surface area (Å²) < 4.78 is 1.61. The van der Waals surface area contributed by atoms with E-state index < -0.39 is 0 Å². The van der Waals surface area contributed by atoms with Crippen LogP contribution in [0.15, 0.2) is 67.8 Å². The maximum absolute atomic E-state index is 12.8. The summed E-state index contributed by atoms with van der Waals surface area (Å²) >= 11 is 0. The second kappa shape index (κ2) is 8.30. The van der Waals surface area contributed by atoms with E-state index in [1.165, 1.54) is 0 Å². The van der Waals surface area contributed by atoms with E-state index in [1.807, 2.05) is 30.5 Å². The predicted octanol–water partition coefficient (Wildman–Crippen LogP) is 3.30. The quantitative estimate of drug-likeness (QED) is 0.461. The van der Waals surface area contributed by atoms with Gasteiger partial charge in [0.1, 0.15) is 5.65 Å². The molecule has 8 heteroatoms. The van der Waals surface area contributed by atoms with E-state index in [1.54, 1.807) is 23.1 Å². The van der Waals surface area contributed by atoms with Crippen molar-refractivity contribution < 1.29 is 4.79 Å². The van der Waals surface area contributed by atoms with E-state index in [-0.39, 0.29) is 11.8 Å². The van der Waals surface area contributed by atoms with Gasteiger partial charge >= 0.3 is 0 Å². The lowest BCUT2D eigenvalue weighted by Gasteiger charge is -2.33. The number of carbonyl (C=O) groups excluding carboxylic acids is 1. The maximum atomic E-state index is 12.8. The molecule has 162 valence electrons. The topological polar surface area (TPSA) is 91.2 Å². The average molecular weight is 428 g/mol. The third-order valence-electron chi connectivity index (χ3n) is 6.07. The van der Waals surface area contributed by atoms with Crippen LogP contribution in [-0.4, -0.2) is 48.7 Å². The molecule has 0 unspecified atom stereocenters. The van der Waals surface area contributed by atoms with Crippen LogP contribution in [0.5, 0.6) is 0 Å². The Kier molecular flexibility index (Phi) is 5.18. The van der Waals surface area contributed by atoms with Crippen LogP contribution in [-0.2, 0) is 11.3 Å². The Morgan fingerprint density at radius 2 is 2.19 bits per heavy atom. The number of rotatable bonds is 6. The normalized spacial score (nSPS) is 16.4. The fraction of sp³-hybridized carbons (Fsp3) is 0.250. The van der Waals surface area contributed by atoms with Crippen LogP contribution < -0.4 is 5.32 Å². The Hall–Kier alpha value is -3.94. The van der Waals surface area contributed by atoms with Crippen molar-refractivity contribution in [3.05, 3.63) is 73.5 Å². The zero-order valence-corrected chi connectivity index (χ0v) is 17.8. The standard InChI is InChI=1S/C24H25N7O/c1-3-16(2)30-11-5-6-17(15-30)24(32)26-13-18-12-20-19(8-10-25-23(20)29-18)21-14-28-31-22(21)7-4-9-27-31/h3-4,7-10,12,14,17H,1-2,5-6,11,13,15H2,(H,25,29)(H,26,32)/t17-/m1/s1. The van der Waals surface area contributed by atoms with E-state index in [2.05, 4.69) is 43.5 Å². The average Bonchev–Trinajstić information content (AvgIpc) is 3.46. The highest BCUT2D eigenvalue weighted by atomic mass is 16.1. The molecule has 0 aromatic carbocycles. The molecule has 1 fully saturated rings. The number of pyridine rings is 1. The van der Waals surface area contributed by atoms with Gasteiger partial charge in [0.15, 0.2) is 0 Å². The highest BCUT2D eigenvalue weighted by Crippen LogP contribution is 2.30. The lowest BCUT2D eigenvalue weighted by molar-refractivity contribution is -0.126. The number of H-pyrrole nitrogens is 1. The fourth-order valence-electron chi connectivity index (χ4n) is 4.36. The van der Waals surface area contributed by atoms with Gasteiger partial charge in [-0.15, -0.1) is 0 Å². The molecule has 4 aromatic rings. The number of fused-ring (bicyclic) bond motifs is 2. The smallest absolute Gasteiger partial charge is 0.225 e. The predicted molar refractivity (Wildman–Crippen MR) is 124 cm³/mol. The van der Waals surface area contributed by atoms with E-state index in [0.29, 0.717) is 13.1 Å². The number of hydrogen-bond acceptors (Lipinski definition) is 5. The van der Waals surface area contributed by atoms with Gasteiger partial charge in [0, 0.05) is 47.8 Å². The van der Waals surface area contributed by atoms with Crippen molar-refractivity contribution in [3.63, 3.8) is 0 Å². The molecule has 4 aromatic heterocycles.